The van der Waals surface area contributed by atoms with Crippen LogP contribution in [-0.4, -0.2) is 36.3 Å². The van der Waals surface area contributed by atoms with Gasteiger partial charge in [-0.25, -0.2) is 0 Å². The molecule has 108 valence electrons. The van der Waals surface area contributed by atoms with Crippen LogP contribution < -0.4 is 11.5 Å². The van der Waals surface area contributed by atoms with E-state index in [1.54, 1.807) is 0 Å². The Balaban J connectivity index is 1.83. The monoisotopic (exact) mass is 267 g/mol. The molecule has 2 fully saturated rings. The molecule has 1 saturated heterocycles. The Kier molecular flexibility index (Phi) is 4.80. The lowest BCUT2D eigenvalue weighted by molar-refractivity contribution is -0.138. The molecule has 0 radical (unpaired) electrons. The molecule has 4 N–H and O–H groups in total. The Labute approximate surface area is 114 Å². The van der Waals surface area contributed by atoms with E-state index in [1.807, 2.05) is 4.90 Å². The highest BCUT2D eigenvalue weighted by Gasteiger charge is 2.35. The quantitative estimate of drug-likeness (QED) is 0.776. The highest BCUT2D eigenvalue weighted by atomic mass is 16.2. The van der Waals surface area contributed by atoms with Gasteiger partial charge in [0.2, 0.25) is 11.8 Å². The number of nitrogens with zero attached hydrogens (tertiary/aromatic N) is 1. The predicted octanol–water partition coefficient (Wildman–Crippen LogP) is 0.475. The van der Waals surface area contributed by atoms with E-state index < -0.39 is 0 Å². The molecule has 5 heteroatoms. The van der Waals surface area contributed by atoms with E-state index in [4.69, 9.17) is 11.5 Å². The molecular formula is C14H25N3O2. The van der Waals surface area contributed by atoms with Crippen LogP contribution in [0.4, 0.5) is 0 Å². The van der Waals surface area contributed by atoms with Crippen LogP contribution in [0.1, 0.15) is 38.5 Å². The highest BCUT2D eigenvalue weighted by molar-refractivity contribution is 5.79. The minimum atomic E-state index is -0.233. The summed E-state index contributed by atoms with van der Waals surface area (Å²) in [5, 5.41) is 0. The van der Waals surface area contributed by atoms with Crippen molar-refractivity contribution in [2.75, 3.05) is 19.6 Å². The molecule has 19 heavy (non-hydrogen) atoms. The van der Waals surface area contributed by atoms with E-state index in [0.717, 1.165) is 45.2 Å². The third-order valence-corrected chi connectivity index (χ3v) is 4.70. The lowest BCUT2D eigenvalue weighted by Gasteiger charge is -2.34. The van der Waals surface area contributed by atoms with Gasteiger partial charge in [0.1, 0.15) is 0 Å². The van der Waals surface area contributed by atoms with Crippen LogP contribution in [0.25, 0.3) is 0 Å². The van der Waals surface area contributed by atoms with Crippen LogP contribution in [0.15, 0.2) is 0 Å². The maximum absolute atomic E-state index is 12.5. The fourth-order valence-corrected chi connectivity index (χ4v) is 3.52. The van der Waals surface area contributed by atoms with Crippen molar-refractivity contribution >= 4 is 11.8 Å². The van der Waals surface area contributed by atoms with E-state index in [9.17, 15) is 9.59 Å². The smallest absolute Gasteiger partial charge is 0.226 e. The second-order valence-electron chi connectivity index (χ2n) is 5.97. The summed E-state index contributed by atoms with van der Waals surface area (Å²) in [7, 11) is 0. The number of hydrogen-bond donors (Lipinski definition) is 2. The molecule has 2 rings (SSSR count). The van der Waals surface area contributed by atoms with Crippen LogP contribution in [0.2, 0.25) is 0 Å². The molecule has 0 bridgehead atoms. The van der Waals surface area contributed by atoms with Crippen molar-refractivity contribution in [1.82, 2.24) is 4.90 Å². The van der Waals surface area contributed by atoms with Gasteiger partial charge in [0.25, 0.3) is 0 Å². The van der Waals surface area contributed by atoms with Crippen molar-refractivity contribution in [3.05, 3.63) is 0 Å². The van der Waals surface area contributed by atoms with E-state index in [2.05, 4.69) is 0 Å². The molecular weight excluding hydrogens is 242 g/mol. The third-order valence-electron chi connectivity index (χ3n) is 4.70. The molecule has 2 atom stereocenters. The molecule has 1 aliphatic carbocycles. The summed E-state index contributed by atoms with van der Waals surface area (Å²) in [6.07, 6.45) is 5.45. The molecule has 0 spiro atoms. The number of primary amides is 1. The molecule has 0 aromatic heterocycles. The van der Waals surface area contributed by atoms with Gasteiger partial charge in [-0.3, -0.25) is 9.59 Å². The molecule has 2 unspecified atom stereocenters. The third kappa shape index (κ3) is 3.47. The fourth-order valence-electron chi connectivity index (χ4n) is 3.52. The van der Waals surface area contributed by atoms with E-state index in [-0.39, 0.29) is 17.7 Å². The molecule has 1 aliphatic heterocycles. The number of nitrogens with two attached hydrogens (primary N) is 2. The molecule has 2 amide bonds. The van der Waals surface area contributed by atoms with E-state index in [1.165, 1.54) is 0 Å². The van der Waals surface area contributed by atoms with Crippen molar-refractivity contribution in [3.8, 4) is 0 Å². The van der Waals surface area contributed by atoms with Crippen LogP contribution in [0, 0.1) is 17.8 Å². The summed E-state index contributed by atoms with van der Waals surface area (Å²) in [6.45, 7) is 2.16. The second-order valence-corrected chi connectivity index (χ2v) is 5.97. The highest BCUT2D eigenvalue weighted by Crippen LogP contribution is 2.33. The number of hydrogen-bond acceptors (Lipinski definition) is 3. The first kappa shape index (κ1) is 14.3. The van der Waals surface area contributed by atoms with Gasteiger partial charge in [0.15, 0.2) is 0 Å². The SMILES string of the molecule is NCC1CCCC1C(=O)N1CCC(CC(N)=O)CC1. The van der Waals surface area contributed by atoms with E-state index in [0.29, 0.717) is 24.8 Å². The summed E-state index contributed by atoms with van der Waals surface area (Å²) in [4.78, 5) is 25.3. The first-order chi connectivity index (χ1) is 9.11. The van der Waals surface area contributed by atoms with Crippen molar-refractivity contribution in [2.24, 2.45) is 29.2 Å². The Morgan fingerprint density at radius 1 is 1.11 bits per heavy atom. The van der Waals surface area contributed by atoms with Crippen molar-refractivity contribution in [1.29, 1.82) is 0 Å². The van der Waals surface area contributed by atoms with Gasteiger partial charge in [0.05, 0.1) is 0 Å². The van der Waals surface area contributed by atoms with Crippen LogP contribution in [-0.2, 0) is 9.59 Å². The maximum Gasteiger partial charge on any atom is 0.226 e. The Morgan fingerprint density at radius 3 is 2.37 bits per heavy atom. The van der Waals surface area contributed by atoms with Gasteiger partial charge in [-0.15, -0.1) is 0 Å². The lowest BCUT2D eigenvalue weighted by atomic mass is 9.90. The van der Waals surface area contributed by atoms with Gasteiger partial charge < -0.3 is 16.4 Å². The average molecular weight is 267 g/mol. The lowest BCUT2D eigenvalue weighted by Crippen LogP contribution is -2.43. The van der Waals surface area contributed by atoms with Gasteiger partial charge in [-0.2, -0.15) is 0 Å². The zero-order valence-electron chi connectivity index (χ0n) is 11.5. The van der Waals surface area contributed by atoms with Crippen LogP contribution in [0.3, 0.4) is 0 Å². The summed E-state index contributed by atoms with van der Waals surface area (Å²) >= 11 is 0. The number of amides is 2. The summed E-state index contributed by atoms with van der Waals surface area (Å²) in [6, 6.07) is 0. The molecule has 5 nitrogen and oxygen atoms in total. The fraction of sp³-hybridized carbons (Fsp3) is 0.857. The Hall–Kier alpha value is -1.10. The summed E-state index contributed by atoms with van der Waals surface area (Å²) in [5.74, 6) is 0.915. The zero-order valence-corrected chi connectivity index (χ0v) is 11.5. The molecule has 1 saturated carbocycles. The summed E-state index contributed by atoms with van der Waals surface area (Å²) in [5.41, 5.74) is 11.0. The van der Waals surface area contributed by atoms with Crippen molar-refractivity contribution < 1.29 is 9.59 Å². The molecule has 1 heterocycles. The number of likely N-dealkylation sites (tertiary alicyclic amines) is 1. The second kappa shape index (κ2) is 6.37. The largest absolute Gasteiger partial charge is 0.370 e. The number of piperidine rings is 1. The van der Waals surface area contributed by atoms with E-state index >= 15 is 0 Å². The number of carbonyl (C=O) groups excluding carboxylic acids is 2. The van der Waals surface area contributed by atoms with Crippen molar-refractivity contribution in [2.45, 2.75) is 38.5 Å². The minimum absolute atomic E-state index is 0.137. The molecule has 0 aromatic rings. The normalized spacial score (nSPS) is 28.6. The topological polar surface area (TPSA) is 89.4 Å². The predicted molar refractivity (Wildman–Crippen MR) is 73.0 cm³/mol. The molecule has 0 aromatic carbocycles. The summed E-state index contributed by atoms with van der Waals surface area (Å²) < 4.78 is 0. The average Bonchev–Trinajstić information content (AvgIpc) is 2.86. The Morgan fingerprint density at radius 2 is 1.79 bits per heavy atom. The van der Waals surface area contributed by atoms with Gasteiger partial charge in [0, 0.05) is 25.4 Å². The standard InChI is InChI=1S/C14H25N3O2/c15-9-11-2-1-3-12(11)14(19)17-6-4-10(5-7-17)8-13(16)18/h10-12H,1-9,15H2,(H2,16,18). The van der Waals surface area contributed by atoms with Crippen LogP contribution >= 0.6 is 0 Å². The van der Waals surface area contributed by atoms with Crippen molar-refractivity contribution in [3.63, 3.8) is 0 Å². The number of rotatable bonds is 4. The van der Waals surface area contributed by atoms with Crippen LogP contribution in [0.5, 0.6) is 0 Å². The minimum Gasteiger partial charge on any atom is -0.370 e. The Bertz CT molecular complexity index is 338. The number of carbonyl (C=O) groups is 2. The zero-order chi connectivity index (χ0) is 13.8. The first-order valence-corrected chi connectivity index (χ1v) is 7.39. The van der Waals surface area contributed by atoms with Gasteiger partial charge >= 0.3 is 0 Å². The van der Waals surface area contributed by atoms with Gasteiger partial charge in [-0.1, -0.05) is 6.42 Å². The maximum atomic E-state index is 12.5. The molecule has 2 aliphatic rings. The van der Waals surface area contributed by atoms with Gasteiger partial charge in [-0.05, 0) is 44.1 Å². The first-order valence-electron chi connectivity index (χ1n) is 7.39.